The van der Waals surface area contributed by atoms with Gasteiger partial charge in [-0.3, -0.25) is 14.4 Å². The average Bonchev–Trinajstić information content (AvgIpc) is 2.70. The van der Waals surface area contributed by atoms with Gasteiger partial charge in [-0.2, -0.15) is 0 Å². The highest BCUT2D eigenvalue weighted by Crippen LogP contribution is 2.09. The summed E-state index contributed by atoms with van der Waals surface area (Å²) in [5.41, 5.74) is 0. The molecule has 0 fully saturated rings. The maximum absolute atomic E-state index is 12.5. The van der Waals surface area contributed by atoms with Gasteiger partial charge in [-0.25, -0.2) is 0 Å². The Hall–Kier alpha value is -1.71. The molecule has 0 aliphatic heterocycles. The second-order valence-corrected chi connectivity index (χ2v) is 6.95. The molecule has 170 valence electrons. The van der Waals surface area contributed by atoms with E-state index >= 15 is 0 Å². The zero-order chi connectivity index (χ0) is 21.7. The second-order valence-electron chi connectivity index (χ2n) is 6.95. The fourth-order valence-electron chi connectivity index (χ4n) is 2.63. The third-order valence-electron chi connectivity index (χ3n) is 4.19. The third-order valence-corrected chi connectivity index (χ3v) is 4.19. The van der Waals surface area contributed by atoms with Crippen LogP contribution in [0.2, 0.25) is 0 Å². The average molecular weight is 415 g/mol. The van der Waals surface area contributed by atoms with Gasteiger partial charge in [0.25, 0.3) is 0 Å². The minimum atomic E-state index is -0.677. The molecule has 0 aromatic heterocycles. The molecule has 0 heterocycles. The van der Waals surface area contributed by atoms with E-state index in [0.29, 0.717) is 39.3 Å². The normalized spacial score (nSPS) is 11.7. The van der Waals surface area contributed by atoms with Crippen molar-refractivity contribution in [3.63, 3.8) is 0 Å². The minimum absolute atomic E-state index is 0.00184. The Morgan fingerprint density at radius 2 is 1.03 bits per heavy atom. The Kier molecular flexibility index (Phi) is 18.4. The van der Waals surface area contributed by atoms with Crippen molar-refractivity contribution < 1.29 is 14.4 Å². The third kappa shape index (κ3) is 16.9. The molecule has 9 nitrogen and oxygen atoms in total. The Morgan fingerprint density at radius 3 is 1.48 bits per heavy atom. The lowest BCUT2D eigenvalue weighted by Gasteiger charge is -2.17. The molecule has 1 unspecified atom stereocenters. The van der Waals surface area contributed by atoms with Crippen molar-refractivity contribution in [2.75, 3.05) is 58.9 Å². The molecule has 0 aliphatic rings. The summed E-state index contributed by atoms with van der Waals surface area (Å²) in [6.07, 6.45) is 2.06. The van der Waals surface area contributed by atoms with E-state index in [1.54, 1.807) is 0 Å². The number of rotatable bonds is 19. The van der Waals surface area contributed by atoms with Crippen LogP contribution in [0.1, 0.15) is 46.5 Å². The van der Waals surface area contributed by atoms with Crippen LogP contribution in [0.4, 0.5) is 0 Å². The predicted octanol–water partition coefficient (Wildman–Crippen LogP) is -0.660. The van der Waals surface area contributed by atoms with E-state index in [0.717, 1.165) is 32.5 Å². The zero-order valence-corrected chi connectivity index (χ0v) is 18.5. The van der Waals surface area contributed by atoms with Gasteiger partial charge in [-0.05, 0) is 32.5 Å². The van der Waals surface area contributed by atoms with Crippen molar-refractivity contribution >= 4 is 17.7 Å². The van der Waals surface area contributed by atoms with Gasteiger partial charge in [0.15, 0.2) is 0 Å². The van der Waals surface area contributed by atoms with Crippen LogP contribution in [-0.4, -0.2) is 76.6 Å². The van der Waals surface area contributed by atoms with Crippen LogP contribution in [0, 0.1) is 5.92 Å². The van der Waals surface area contributed by atoms with Crippen LogP contribution in [0.3, 0.4) is 0 Å². The van der Waals surface area contributed by atoms with Crippen LogP contribution in [-0.2, 0) is 14.4 Å². The Balaban J connectivity index is 4.46. The maximum atomic E-state index is 12.5. The van der Waals surface area contributed by atoms with Crippen LogP contribution in [0.5, 0.6) is 0 Å². The topological polar surface area (TPSA) is 123 Å². The molecule has 3 amide bonds. The highest BCUT2D eigenvalue weighted by Gasteiger charge is 2.24. The summed E-state index contributed by atoms with van der Waals surface area (Å²) in [4.78, 5) is 36.9. The van der Waals surface area contributed by atoms with Crippen molar-refractivity contribution in [3.05, 3.63) is 0 Å². The summed E-state index contributed by atoms with van der Waals surface area (Å²) >= 11 is 0. The molecule has 0 radical (unpaired) electrons. The van der Waals surface area contributed by atoms with Gasteiger partial charge in [0.05, 0.1) is 5.92 Å². The molecule has 0 aromatic carbocycles. The van der Waals surface area contributed by atoms with Gasteiger partial charge in [0, 0.05) is 52.1 Å². The minimum Gasteiger partial charge on any atom is -0.355 e. The van der Waals surface area contributed by atoms with E-state index in [2.05, 4.69) is 45.7 Å². The molecular weight excluding hydrogens is 372 g/mol. The van der Waals surface area contributed by atoms with Gasteiger partial charge in [-0.1, -0.05) is 20.8 Å². The number of hydrogen-bond donors (Lipinski definition) is 6. The monoisotopic (exact) mass is 414 g/mol. The number of hydrogen-bond acceptors (Lipinski definition) is 6. The largest absolute Gasteiger partial charge is 0.355 e. The van der Waals surface area contributed by atoms with Crippen molar-refractivity contribution in [1.29, 1.82) is 0 Å². The van der Waals surface area contributed by atoms with E-state index < -0.39 is 5.92 Å². The second kappa shape index (κ2) is 19.6. The molecule has 0 aliphatic carbocycles. The molecule has 1 atom stereocenters. The molecule has 0 bridgehead atoms. The Morgan fingerprint density at radius 1 is 0.586 bits per heavy atom. The molecule has 0 saturated carbocycles. The summed E-state index contributed by atoms with van der Waals surface area (Å²) in [5, 5.41) is 18.0. The maximum Gasteiger partial charge on any atom is 0.224 e. The number of carbonyl (C=O) groups excluding carboxylic acids is 3. The number of nitrogens with one attached hydrogen (secondary N) is 6. The number of likely N-dealkylation sites (N-methyl/N-ethyl adjacent to an activating group) is 1. The Bertz CT molecular complexity index is 448. The summed E-state index contributed by atoms with van der Waals surface area (Å²) < 4.78 is 0. The van der Waals surface area contributed by atoms with E-state index in [9.17, 15) is 14.4 Å². The summed E-state index contributed by atoms with van der Waals surface area (Å²) in [6.45, 7) is 12.3. The van der Waals surface area contributed by atoms with Gasteiger partial charge >= 0.3 is 0 Å². The van der Waals surface area contributed by atoms with E-state index in [4.69, 9.17) is 0 Å². The fourth-order valence-corrected chi connectivity index (χ4v) is 2.63. The quantitative estimate of drug-likeness (QED) is 0.156. The highest BCUT2D eigenvalue weighted by molar-refractivity contribution is 5.90. The molecule has 9 heteroatoms. The predicted molar refractivity (Wildman–Crippen MR) is 117 cm³/mol. The Labute approximate surface area is 175 Å². The molecule has 6 N–H and O–H groups in total. The van der Waals surface area contributed by atoms with Gasteiger partial charge in [-0.15, -0.1) is 0 Å². The highest BCUT2D eigenvalue weighted by atomic mass is 16.2. The lowest BCUT2D eigenvalue weighted by Crippen LogP contribution is -2.41. The van der Waals surface area contributed by atoms with Crippen molar-refractivity contribution in [1.82, 2.24) is 31.9 Å². The molecule has 0 spiro atoms. The van der Waals surface area contributed by atoms with Gasteiger partial charge in [0.1, 0.15) is 0 Å². The van der Waals surface area contributed by atoms with Gasteiger partial charge in [0.2, 0.25) is 17.7 Å². The van der Waals surface area contributed by atoms with E-state index in [1.165, 1.54) is 0 Å². The first-order valence-electron chi connectivity index (χ1n) is 11.0. The van der Waals surface area contributed by atoms with Crippen LogP contribution < -0.4 is 31.9 Å². The summed E-state index contributed by atoms with van der Waals surface area (Å²) in [6, 6.07) is 0. The number of carbonyl (C=O) groups is 3. The van der Waals surface area contributed by atoms with E-state index in [-0.39, 0.29) is 30.6 Å². The van der Waals surface area contributed by atoms with Crippen LogP contribution >= 0.6 is 0 Å². The van der Waals surface area contributed by atoms with Crippen molar-refractivity contribution in [2.24, 2.45) is 5.92 Å². The standard InChI is InChI=1S/C20H42N6O3/c1-4-7-22-10-13-25-19(28)16-17(15-18(27)24-12-9-21-6-3)20(29)26-14-11-23-8-5-2/h17,21-23H,4-16H2,1-3H3,(H,24,27)(H,25,28)(H,26,29). The summed E-state index contributed by atoms with van der Waals surface area (Å²) in [7, 11) is 0. The van der Waals surface area contributed by atoms with Crippen LogP contribution in [0.25, 0.3) is 0 Å². The lowest BCUT2D eigenvalue weighted by atomic mass is 9.99. The first-order valence-corrected chi connectivity index (χ1v) is 11.0. The first-order chi connectivity index (χ1) is 14.0. The van der Waals surface area contributed by atoms with Gasteiger partial charge < -0.3 is 31.9 Å². The molecular formula is C20H42N6O3. The van der Waals surface area contributed by atoms with Crippen molar-refractivity contribution in [2.45, 2.75) is 46.5 Å². The lowest BCUT2D eigenvalue weighted by molar-refractivity contribution is -0.133. The molecule has 29 heavy (non-hydrogen) atoms. The van der Waals surface area contributed by atoms with E-state index in [1.807, 2.05) is 6.92 Å². The zero-order valence-electron chi connectivity index (χ0n) is 18.5. The SMILES string of the molecule is CCCNCCNC(=O)CC(CC(=O)NCCNCC)C(=O)NCCNCCC. The van der Waals surface area contributed by atoms with Crippen molar-refractivity contribution in [3.8, 4) is 0 Å². The molecule has 0 saturated heterocycles. The molecule has 0 rings (SSSR count). The number of amides is 3. The smallest absolute Gasteiger partial charge is 0.224 e. The first kappa shape index (κ1) is 27.3. The van der Waals surface area contributed by atoms with Crippen LogP contribution in [0.15, 0.2) is 0 Å². The fraction of sp³-hybridized carbons (Fsp3) is 0.850. The molecule has 0 aromatic rings. The summed E-state index contributed by atoms with van der Waals surface area (Å²) in [5.74, 6) is -1.37.